The Hall–Kier alpha value is -1.96. The molecule has 20 heavy (non-hydrogen) atoms. The highest BCUT2D eigenvalue weighted by atomic mass is 79.9. The molecule has 0 fully saturated rings. The van der Waals surface area contributed by atoms with E-state index in [-0.39, 0.29) is 5.56 Å². The molecule has 8 heteroatoms. The average molecular weight is 346 g/mol. The van der Waals surface area contributed by atoms with Crippen LogP contribution in [0.15, 0.2) is 41.3 Å². The first-order valence-corrected chi connectivity index (χ1v) is 6.12. The first-order valence-electron chi connectivity index (χ1n) is 5.32. The van der Waals surface area contributed by atoms with Crippen LogP contribution >= 0.6 is 15.9 Å². The number of anilines is 1. The first kappa shape index (κ1) is 14.4. The molecule has 2 aromatic rings. The van der Waals surface area contributed by atoms with Crippen LogP contribution in [-0.2, 0) is 6.18 Å². The molecule has 0 atom stereocenters. The maximum atomic E-state index is 12.3. The lowest BCUT2D eigenvalue weighted by Crippen LogP contribution is -2.14. The van der Waals surface area contributed by atoms with E-state index >= 15 is 0 Å². The number of alkyl halides is 3. The van der Waals surface area contributed by atoms with Crippen LogP contribution in [-0.4, -0.2) is 15.9 Å². The van der Waals surface area contributed by atoms with Gasteiger partial charge in [-0.15, -0.1) is 0 Å². The number of rotatable bonds is 2. The highest BCUT2D eigenvalue weighted by Crippen LogP contribution is 2.27. The molecule has 2 rings (SSSR count). The summed E-state index contributed by atoms with van der Waals surface area (Å²) in [7, 11) is 0. The Kier molecular flexibility index (Phi) is 4.03. The summed E-state index contributed by atoms with van der Waals surface area (Å²) in [6.45, 7) is 0. The summed E-state index contributed by atoms with van der Waals surface area (Å²) in [5.74, 6) is -0.560. The van der Waals surface area contributed by atoms with Gasteiger partial charge in [-0.05, 0) is 40.2 Å². The molecular weight excluding hydrogens is 339 g/mol. The van der Waals surface area contributed by atoms with E-state index in [9.17, 15) is 18.0 Å². The van der Waals surface area contributed by atoms with Gasteiger partial charge >= 0.3 is 6.18 Å². The minimum atomic E-state index is -4.52. The highest BCUT2D eigenvalue weighted by molar-refractivity contribution is 9.10. The van der Waals surface area contributed by atoms with Crippen LogP contribution in [0.1, 0.15) is 16.1 Å². The van der Waals surface area contributed by atoms with Crippen LogP contribution in [0.25, 0.3) is 0 Å². The van der Waals surface area contributed by atoms with Crippen molar-refractivity contribution < 1.29 is 18.0 Å². The summed E-state index contributed by atoms with van der Waals surface area (Å²) in [5, 5.41) is 2.50. The zero-order valence-corrected chi connectivity index (χ0v) is 11.4. The van der Waals surface area contributed by atoms with Crippen molar-refractivity contribution in [1.82, 2.24) is 9.97 Å². The molecule has 0 aliphatic heterocycles. The van der Waals surface area contributed by atoms with Gasteiger partial charge in [0, 0.05) is 6.20 Å². The van der Waals surface area contributed by atoms with E-state index in [1.807, 2.05) is 0 Å². The summed E-state index contributed by atoms with van der Waals surface area (Å²) >= 11 is 3.14. The van der Waals surface area contributed by atoms with Crippen molar-refractivity contribution in [2.45, 2.75) is 6.18 Å². The van der Waals surface area contributed by atoms with E-state index < -0.39 is 17.8 Å². The molecule has 0 saturated heterocycles. The molecule has 0 bridgehead atoms. The number of aromatic nitrogens is 2. The van der Waals surface area contributed by atoms with Gasteiger partial charge in [-0.25, -0.2) is 4.98 Å². The fourth-order valence-corrected chi connectivity index (χ4v) is 1.58. The molecule has 1 amide bonds. The molecule has 0 aliphatic rings. The van der Waals surface area contributed by atoms with Crippen molar-refractivity contribution in [3.63, 3.8) is 0 Å². The van der Waals surface area contributed by atoms with Crippen LogP contribution in [0.2, 0.25) is 0 Å². The number of nitrogens with zero attached hydrogens (tertiary/aromatic N) is 2. The smallest absolute Gasteiger partial charge is 0.321 e. The average Bonchev–Trinajstić information content (AvgIpc) is 2.40. The molecule has 0 aromatic carbocycles. The van der Waals surface area contributed by atoms with E-state index in [0.717, 1.165) is 18.3 Å². The molecule has 0 saturated carbocycles. The third-order valence-corrected chi connectivity index (χ3v) is 2.77. The van der Waals surface area contributed by atoms with Crippen molar-refractivity contribution in [2.75, 3.05) is 5.32 Å². The van der Waals surface area contributed by atoms with Gasteiger partial charge in [0.15, 0.2) is 0 Å². The van der Waals surface area contributed by atoms with E-state index in [2.05, 4.69) is 31.2 Å². The topological polar surface area (TPSA) is 54.9 Å². The number of pyridine rings is 2. The van der Waals surface area contributed by atoms with Crippen LogP contribution in [0.3, 0.4) is 0 Å². The highest BCUT2D eigenvalue weighted by Gasteiger charge is 2.32. The Morgan fingerprint density at radius 3 is 2.35 bits per heavy atom. The Morgan fingerprint density at radius 2 is 1.85 bits per heavy atom. The molecule has 4 nitrogen and oxygen atoms in total. The van der Waals surface area contributed by atoms with E-state index in [4.69, 9.17) is 0 Å². The summed E-state index contributed by atoms with van der Waals surface area (Å²) < 4.78 is 37.6. The third kappa shape index (κ3) is 3.53. The van der Waals surface area contributed by atoms with Gasteiger partial charge in [0.05, 0.1) is 17.4 Å². The lowest BCUT2D eigenvalue weighted by molar-refractivity contribution is -0.141. The summed E-state index contributed by atoms with van der Waals surface area (Å²) in [6, 6.07) is 5.05. The second-order valence-corrected chi connectivity index (χ2v) is 4.57. The van der Waals surface area contributed by atoms with E-state index in [0.29, 0.717) is 10.3 Å². The zero-order valence-electron chi connectivity index (χ0n) is 9.78. The SMILES string of the molecule is O=C(Nc1ccc(Br)nc1)c1ccc(C(F)(F)F)nc1. The third-order valence-electron chi connectivity index (χ3n) is 2.30. The van der Waals surface area contributed by atoms with Gasteiger partial charge in [-0.3, -0.25) is 9.78 Å². The molecule has 2 heterocycles. The van der Waals surface area contributed by atoms with E-state index in [1.165, 1.54) is 6.20 Å². The Bertz CT molecular complexity index is 611. The lowest BCUT2D eigenvalue weighted by Gasteiger charge is -2.07. The standard InChI is InChI=1S/C12H7BrF3N3O/c13-10-4-2-8(6-18-10)19-11(20)7-1-3-9(17-5-7)12(14,15)16/h1-6H,(H,19,20). The molecular formula is C12H7BrF3N3O. The summed E-state index contributed by atoms with van der Waals surface area (Å²) in [5.41, 5.74) is -0.585. The van der Waals surface area contributed by atoms with Crippen LogP contribution in [0.5, 0.6) is 0 Å². The zero-order chi connectivity index (χ0) is 14.8. The second-order valence-electron chi connectivity index (χ2n) is 3.75. The van der Waals surface area contributed by atoms with E-state index in [1.54, 1.807) is 12.1 Å². The fourth-order valence-electron chi connectivity index (χ4n) is 1.35. The lowest BCUT2D eigenvalue weighted by atomic mass is 10.2. The van der Waals surface area contributed by atoms with Crippen molar-refractivity contribution in [1.29, 1.82) is 0 Å². The van der Waals surface area contributed by atoms with Crippen LogP contribution in [0, 0.1) is 0 Å². The van der Waals surface area contributed by atoms with Crippen molar-refractivity contribution >= 4 is 27.5 Å². The minimum Gasteiger partial charge on any atom is -0.321 e. The minimum absolute atomic E-state index is 0.0286. The van der Waals surface area contributed by atoms with Gasteiger partial charge in [-0.2, -0.15) is 13.2 Å². The van der Waals surface area contributed by atoms with Crippen molar-refractivity contribution in [3.05, 3.63) is 52.5 Å². The number of hydrogen-bond donors (Lipinski definition) is 1. The van der Waals surface area contributed by atoms with Gasteiger partial charge in [-0.1, -0.05) is 0 Å². The predicted molar refractivity (Wildman–Crippen MR) is 69.1 cm³/mol. The maximum absolute atomic E-state index is 12.3. The fraction of sp³-hybridized carbons (Fsp3) is 0.0833. The summed E-state index contributed by atoms with van der Waals surface area (Å²) in [6.07, 6.45) is -2.23. The molecule has 0 unspecified atom stereocenters. The van der Waals surface area contributed by atoms with Gasteiger partial charge in [0.1, 0.15) is 10.3 Å². The second kappa shape index (κ2) is 5.58. The molecule has 2 aromatic heterocycles. The van der Waals surface area contributed by atoms with Crippen molar-refractivity contribution in [3.8, 4) is 0 Å². The van der Waals surface area contributed by atoms with Gasteiger partial charge < -0.3 is 5.32 Å². The number of carbonyl (C=O) groups excluding carboxylic acids is 1. The Balaban J connectivity index is 2.11. The van der Waals surface area contributed by atoms with Gasteiger partial charge in [0.2, 0.25) is 0 Å². The summed E-state index contributed by atoms with van der Waals surface area (Å²) in [4.78, 5) is 18.9. The maximum Gasteiger partial charge on any atom is 0.433 e. The predicted octanol–water partition coefficient (Wildman–Crippen LogP) is 3.51. The largest absolute Gasteiger partial charge is 0.433 e. The number of nitrogens with one attached hydrogen (secondary N) is 1. The molecule has 0 radical (unpaired) electrons. The first-order chi connectivity index (χ1) is 9.36. The monoisotopic (exact) mass is 345 g/mol. The Morgan fingerprint density at radius 1 is 1.10 bits per heavy atom. The Labute approximate surface area is 120 Å². The molecule has 104 valence electrons. The normalized spacial score (nSPS) is 11.2. The molecule has 1 N–H and O–H groups in total. The number of hydrogen-bond acceptors (Lipinski definition) is 3. The molecule has 0 aliphatic carbocycles. The number of carbonyl (C=O) groups is 1. The van der Waals surface area contributed by atoms with Gasteiger partial charge in [0.25, 0.3) is 5.91 Å². The van der Waals surface area contributed by atoms with Crippen molar-refractivity contribution in [2.24, 2.45) is 0 Å². The number of halogens is 4. The number of amides is 1. The molecule has 0 spiro atoms. The van der Waals surface area contributed by atoms with Crippen LogP contribution in [0.4, 0.5) is 18.9 Å². The quantitative estimate of drug-likeness (QED) is 0.847. The van der Waals surface area contributed by atoms with Crippen LogP contribution < -0.4 is 5.32 Å².